The van der Waals surface area contributed by atoms with Crippen LogP contribution in [-0.4, -0.2) is 17.3 Å². The summed E-state index contributed by atoms with van der Waals surface area (Å²) in [5.74, 6) is 1.29. The molecule has 0 N–H and O–H groups in total. The van der Waals surface area contributed by atoms with Gasteiger partial charge in [-0.25, -0.2) is 4.99 Å². The topological polar surface area (TPSA) is 15.6 Å². The van der Waals surface area contributed by atoms with E-state index >= 15 is 0 Å². The zero-order valence-electron chi connectivity index (χ0n) is 7.94. The molecule has 1 aromatic rings. The molecule has 0 unspecified atom stereocenters. The molecule has 1 aromatic carbocycles. The molecule has 0 aliphatic carbocycles. The molecule has 2 aliphatic rings. The molecule has 1 saturated heterocycles. The summed E-state index contributed by atoms with van der Waals surface area (Å²) in [4.78, 5) is 7.04. The van der Waals surface area contributed by atoms with Crippen LogP contribution in [-0.2, 0) is 6.54 Å². The number of rotatable bonds is 0. The first kappa shape index (κ1) is 9.53. The Morgan fingerprint density at radius 2 is 2.07 bits per heavy atom. The largest absolute Gasteiger partial charge is 0.356 e. The summed E-state index contributed by atoms with van der Waals surface area (Å²) < 4.78 is 0. The maximum Gasteiger partial charge on any atom is 0.105 e. The van der Waals surface area contributed by atoms with Crippen LogP contribution in [0.5, 0.6) is 0 Å². The lowest BCUT2D eigenvalue weighted by Gasteiger charge is -2.24. The molecule has 1 fully saturated rings. The first-order valence-corrected chi connectivity index (χ1v) is 4.84. The number of para-hydroxylation sites is 1. The molecule has 2 heterocycles. The van der Waals surface area contributed by atoms with Crippen LogP contribution in [0.15, 0.2) is 29.3 Å². The molecule has 2 nitrogen and oxygen atoms in total. The lowest BCUT2D eigenvalue weighted by atomic mass is 10.1. The van der Waals surface area contributed by atoms with Crippen molar-refractivity contribution in [1.82, 2.24) is 4.90 Å². The minimum Gasteiger partial charge on any atom is -0.356 e. The van der Waals surface area contributed by atoms with Crippen LogP contribution in [0.4, 0.5) is 5.69 Å². The number of hydrogen-bond acceptors (Lipinski definition) is 2. The van der Waals surface area contributed by atoms with Crippen molar-refractivity contribution in [1.29, 1.82) is 0 Å². The number of aliphatic imine (C=N–C) groups is 1. The number of hydrogen-bond donors (Lipinski definition) is 0. The predicted octanol–water partition coefficient (Wildman–Crippen LogP) is 2.75. The van der Waals surface area contributed by atoms with Gasteiger partial charge in [0.2, 0.25) is 0 Å². The standard InChI is InChI=1S/C11H12N2.ClH/c1-2-5-10-9(4-1)8-13-7-3-6-11(13)12-10;/h1-2,4-5H,3,6-8H2;1H. The van der Waals surface area contributed by atoms with Crippen molar-refractivity contribution in [3.63, 3.8) is 0 Å². The van der Waals surface area contributed by atoms with Gasteiger partial charge in [-0.1, -0.05) is 18.2 Å². The van der Waals surface area contributed by atoms with E-state index in [1.807, 2.05) is 0 Å². The Labute approximate surface area is 90.1 Å². The normalized spacial score (nSPS) is 18.0. The quantitative estimate of drug-likeness (QED) is 0.640. The number of amidine groups is 1. The highest BCUT2D eigenvalue weighted by atomic mass is 35.5. The molecule has 0 amide bonds. The van der Waals surface area contributed by atoms with E-state index < -0.39 is 0 Å². The fourth-order valence-electron chi connectivity index (χ4n) is 2.11. The summed E-state index contributed by atoms with van der Waals surface area (Å²) in [6, 6.07) is 8.44. The average molecular weight is 209 g/mol. The van der Waals surface area contributed by atoms with Gasteiger partial charge in [-0.3, -0.25) is 0 Å². The second-order valence-electron chi connectivity index (χ2n) is 3.68. The number of benzene rings is 1. The van der Waals surface area contributed by atoms with E-state index in [1.165, 1.54) is 30.1 Å². The molecule has 14 heavy (non-hydrogen) atoms. The van der Waals surface area contributed by atoms with Crippen LogP contribution in [0.25, 0.3) is 0 Å². The van der Waals surface area contributed by atoms with E-state index in [0.29, 0.717) is 0 Å². The summed E-state index contributed by atoms with van der Waals surface area (Å²) in [7, 11) is 0. The number of nitrogens with zero attached hydrogens (tertiary/aromatic N) is 2. The Morgan fingerprint density at radius 3 is 3.00 bits per heavy atom. The molecular formula is C11H13ClN2. The van der Waals surface area contributed by atoms with E-state index in [9.17, 15) is 0 Å². The molecule has 0 saturated carbocycles. The molecule has 0 radical (unpaired) electrons. The van der Waals surface area contributed by atoms with Crippen LogP contribution < -0.4 is 0 Å². The molecular weight excluding hydrogens is 196 g/mol. The highest BCUT2D eigenvalue weighted by Gasteiger charge is 2.23. The third-order valence-electron chi connectivity index (χ3n) is 2.80. The van der Waals surface area contributed by atoms with Crippen molar-refractivity contribution < 1.29 is 0 Å². The lowest BCUT2D eigenvalue weighted by Crippen LogP contribution is -2.26. The molecule has 0 atom stereocenters. The second-order valence-corrected chi connectivity index (χ2v) is 3.68. The van der Waals surface area contributed by atoms with Crippen LogP contribution >= 0.6 is 12.4 Å². The van der Waals surface area contributed by atoms with E-state index in [1.54, 1.807) is 0 Å². The van der Waals surface area contributed by atoms with Gasteiger partial charge in [0.25, 0.3) is 0 Å². The van der Waals surface area contributed by atoms with Crippen molar-refractivity contribution in [2.24, 2.45) is 4.99 Å². The van der Waals surface area contributed by atoms with Crippen LogP contribution in [0, 0.1) is 0 Å². The van der Waals surface area contributed by atoms with Gasteiger partial charge in [0, 0.05) is 19.5 Å². The average Bonchev–Trinajstić information content (AvgIpc) is 2.61. The van der Waals surface area contributed by atoms with Gasteiger partial charge >= 0.3 is 0 Å². The van der Waals surface area contributed by atoms with E-state index in [-0.39, 0.29) is 12.4 Å². The smallest absolute Gasteiger partial charge is 0.105 e. The van der Waals surface area contributed by atoms with Crippen molar-refractivity contribution in [2.45, 2.75) is 19.4 Å². The Bertz CT molecular complexity index is 373. The van der Waals surface area contributed by atoms with Gasteiger partial charge in [0.05, 0.1) is 5.69 Å². The summed E-state index contributed by atoms with van der Waals surface area (Å²) in [6.45, 7) is 2.25. The van der Waals surface area contributed by atoms with Gasteiger partial charge < -0.3 is 4.90 Å². The highest BCUT2D eigenvalue weighted by molar-refractivity contribution is 5.88. The van der Waals surface area contributed by atoms with E-state index in [4.69, 9.17) is 0 Å². The minimum atomic E-state index is 0. The SMILES string of the molecule is Cl.c1ccc2c(c1)CN1CCCC1=N2. The molecule has 0 aromatic heterocycles. The monoisotopic (exact) mass is 208 g/mol. The number of fused-ring (bicyclic) bond motifs is 2. The molecule has 3 rings (SSSR count). The summed E-state index contributed by atoms with van der Waals surface area (Å²) in [5, 5.41) is 0. The van der Waals surface area contributed by atoms with Gasteiger partial charge in [-0.15, -0.1) is 12.4 Å². The summed E-state index contributed by atoms with van der Waals surface area (Å²) >= 11 is 0. The molecule has 2 aliphatic heterocycles. The number of halogens is 1. The Morgan fingerprint density at radius 1 is 1.21 bits per heavy atom. The summed E-state index contributed by atoms with van der Waals surface area (Å²) in [6.07, 6.45) is 2.43. The molecule has 74 valence electrons. The lowest BCUT2D eigenvalue weighted by molar-refractivity contribution is 0.443. The Kier molecular flexibility index (Phi) is 2.46. The Hall–Kier alpha value is -1.02. The van der Waals surface area contributed by atoms with Crippen molar-refractivity contribution in [2.75, 3.05) is 6.54 Å². The van der Waals surface area contributed by atoms with E-state index in [0.717, 1.165) is 13.0 Å². The maximum absolute atomic E-state index is 4.65. The first-order valence-electron chi connectivity index (χ1n) is 4.84. The first-order chi connectivity index (χ1) is 6.43. The van der Waals surface area contributed by atoms with Crippen LogP contribution in [0.2, 0.25) is 0 Å². The van der Waals surface area contributed by atoms with Gasteiger partial charge in [0.15, 0.2) is 0 Å². The van der Waals surface area contributed by atoms with Gasteiger partial charge in [0.1, 0.15) is 5.84 Å². The van der Waals surface area contributed by atoms with Crippen molar-refractivity contribution >= 4 is 23.9 Å². The van der Waals surface area contributed by atoms with Gasteiger partial charge in [-0.05, 0) is 18.1 Å². The molecule has 3 heteroatoms. The van der Waals surface area contributed by atoms with Crippen molar-refractivity contribution in [3.05, 3.63) is 29.8 Å². The molecule has 0 spiro atoms. The second kappa shape index (κ2) is 3.62. The van der Waals surface area contributed by atoms with Crippen LogP contribution in [0.1, 0.15) is 18.4 Å². The third-order valence-corrected chi connectivity index (χ3v) is 2.80. The third kappa shape index (κ3) is 1.40. The minimum absolute atomic E-state index is 0. The highest BCUT2D eigenvalue weighted by Crippen LogP contribution is 2.29. The zero-order chi connectivity index (χ0) is 8.67. The fraction of sp³-hybridized carbons (Fsp3) is 0.364. The van der Waals surface area contributed by atoms with E-state index in [2.05, 4.69) is 34.2 Å². The van der Waals surface area contributed by atoms with Gasteiger partial charge in [-0.2, -0.15) is 0 Å². The molecule has 0 bridgehead atoms. The maximum atomic E-state index is 4.65. The predicted molar refractivity (Wildman–Crippen MR) is 60.4 cm³/mol. The van der Waals surface area contributed by atoms with Crippen LogP contribution in [0.3, 0.4) is 0 Å². The summed E-state index contributed by atoms with van der Waals surface area (Å²) in [5.41, 5.74) is 2.55. The zero-order valence-corrected chi connectivity index (χ0v) is 8.76. The Balaban J connectivity index is 0.000000750. The fourth-order valence-corrected chi connectivity index (χ4v) is 2.11. The van der Waals surface area contributed by atoms with Crippen molar-refractivity contribution in [3.8, 4) is 0 Å².